The number of benzene rings is 2. The van der Waals surface area contributed by atoms with Crippen LogP contribution < -0.4 is 14.2 Å². The van der Waals surface area contributed by atoms with E-state index in [2.05, 4.69) is 25.1 Å². The fraction of sp³-hybridized carbons (Fsp3) is 0.294. The normalized spacial score (nSPS) is 10.2. The molecule has 0 aliphatic rings. The summed E-state index contributed by atoms with van der Waals surface area (Å²) < 4.78 is 15.9. The van der Waals surface area contributed by atoms with Crippen molar-refractivity contribution in [2.24, 2.45) is 0 Å². The van der Waals surface area contributed by atoms with E-state index in [9.17, 15) is 0 Å². The van der Waals surface area contributed by atoms with E-state index in [4.69, 9.17) is 14.2 Å². The topological polar surface area (TPSA) is 27.7 Å². The predicted octanol–water partition coefficient (Wildman–Crippen LogP) is 3.61. The fourth-order valence-electron chi connectivity index (χ4n) is 2.27. The smallest absolute Gasteiger partial charge is 0.160 e. The molecule has 0 spiro atoms. The molecule has 0 aliphatic heterocycles. The van der Waals surface area contributed by atoms with Crippen LogP contribution in [-0.2, 0) is 6.42 Å². The molecule has 3 nitrogen and oxygen atoms in total. The standard InChI is InChI=1S/C17H20O3/c1-12-7-14(10-15(8-12)18-2)9-13-5-6-16(19-3)17(11-13)20-4/h5-8,10-11H,9H2,1-4H3. The zero-order chi connectivity index (χ0) is 14.5. The molecule has 0 atom stereocenters. The Morgan fingerprint density at radius 1 is 0.750 bits per heavy atom. The fourth-order valence-corrected chi connectivity index (χ4v) is 2.27. The summed E-state index contributed by atoms with van der Waals surface area (Å²) in [5.74, 6) is 2.39. The zero-order valence-electron chi connectivity index (χ0n) is 12.4. The van der Waals surface area contributed by atoms with Crippen molar-refractivity contribution >= 4 is 0 Å². The minimum absolute atomic E-state index is 0.748. The second-order valence-electron chi connectivity index (χ2n) is 4.72. The summed E-state index contributed by atoms with van der Waals surface area (Å²) in [5, 5.41) is 0. The van der Waals surface area contributed by atoms with Gasteiger partial charge in [-0.25, -0.2) is 0 Å². The van der Waals surface area contributed by atoms with Crippen molar-refractivity contribution in [3.63, 3.8) is 0 Å². The predicted molar refractivity (Wildman–Crippen MR) is 80.1 cm³/mol. The van der Waals surface area contributed by atoms with Crippen LogP contribution >= 0.6 is 0 Å². The molecule has 2 rings (SSSR count). The Hall–Kier alpha value is -2.16. The second-order valence-corrected chi connectivity index (χ2v) is 4.72. The first-order valence-electron chi connectivity index (χ1n) is 6.51. The van der Waals surface area contributed by atoms with Gasteiger partial charge in [0.15, 0.2) is 11.5 Å². The molecule has 0 N–H and O–H groups in total. The molecule has 0 saturated heterocycles. The summed E-state index contributed by atoms with van der Waals surface area (Å²) in [6.45, 7) is 2.07. The van der Waals surface area contributed by atoms with E-state index in [1.807, 2.05) is 18.2 Å². The molecule has 0 radical (unpaired) electrons. The maximum atomic E-state index is 5.33. The molecule has 0 bridgehead atoms. The lowest BCUT2D eigenvalue weighted by Crippen LogP contribution is -1.95. The molecule has 0 fully saturated rings. The van der Waals surface area contributed by atoms with Gasteiger partial charge in [-0.1, -0.05) is 12.1 Å². The van der Waals surface area contributed by atoms with E-state index in [0.717, 1.165) is 23.7 Å². The number of rotatable bonds is 5. The molecule has 20 heavy (non-hydrogen) atoms. The van der Waals surface area contributed by atoms with Crippen LogP contribution in [0.25, 0.3) is 0 Å². The Bertz CT molecular complexity index is 591. The quantitative estimate of drug-likeness (QED) is 0.832. The molecule has 0 unspecified atom stereocenters. The van der Waals surface area contributed by atoms with Crippen LogP contribution in [0.5, 0.6) is 17.2 Å². The summed E-state index contributed by atoms with van der Waals surface area (Å²) in [7, 11) is 4.98. The van der Waals surface area contributed by atoms with Crippen molar-refractivity contribution in [2.75, 3.05) is 21.3 Å². The van der Waals surface area contributed by atoms with Gasteiger partial charge in [-0.05, 0) is 54.3 Å². The molecule has 0 aromatic heterocycles. The van der Waals surface area contributed by atoms with Crippen molar-refractivity contribution in [1.29, 1.82) is 0 Å². The van der Waals surface area contributed by atoms with Gasteiger partial charge in [0, 0.05) is 0 Å². The number of hydrogen-bond donors (Lipinski definition) is 0. The van der Waals surface area contributed by atoms with Gasteiger partial charge >= 0.3 is 0 Å². The third kappa shape index (κ3) is 3.23. The molecule has 3 heteroatoms. The lowest BCUT2D eigenvalue weighted by Gasteiger charge is -2.11. The van der Waals surface area contributed by atoms with Crippen LogP contribution in [0.4, 0.5) is 0 Å². The number of hydrogen-bond acceptors (Lipinski definition) is 3. The van der Waals surface area contributed by atoms with Crippen molar-refractivity contribution in [3.05, 3.63) is 53.1 Å². The highest BCUT2D eigenvalue weighted by Gasteiger charge is 2.06. The van der Waals surface area contributed by atoms with Gasteiger partial charge < -0.3 is 14.2 Å². The Morgan fingerprint density at radius 3 is 2.15 bits per heavy atom. The summed E-state index contributed by atoms with van der Waals surface area (Å²) in [6.07, 6.45) is 0.832. The SMILES string of the molecule is COc1cc(C)cc(Cc2ccc(OC)c(OC)c2)c1. The lowest BCUT2D eigenvalue weighted by atomic mass is 10.0. The van der Waals surface area contributed by atoms with Gasteiger partial charge in [-0.2, -0.15) is 0 Å². The van der Waals surface area contributed by atoms with E-state index in [0.29, 0.717) is 0 Å². The average Bonchev–Trinajstić information content (AvgIpc) is 2.46. The molecule has 0 heterocycles. The van der Waals surface area contributed by atoms with Gasteiger partial charge in [-0.15, -0.1) is 0 Å². The lowest BCUT2D eigenvalue weighted by molar-refractivity contribution is 0.354. The first kappa shape index (κ1) is 14.3. The third-order valence-corrected chi connectivity index (χ3v) is 3.20. The van der Waals surface area contributed by atoms with E-state index >= 15 is 0 Å². The average molecular weight is 272 g/mol. The van der Waals surface area contributed by atoms with Crippen LogP contribution in [0.15, 0.2) is 36.4 Å². The largest absolute Gasteiger partial charge is 0.497 e. The van der Waals surface area contributed by atoms with Crippen LogP contribution in [0.3, 0.4) is 0 Å². The maximum absolute atomic E-state index is 5.33. The highest BCUT2D eigenvalue weighted by Crippen LogP contribution is 2.29. The summed E-state index contributed by atoms with van der Waals surface area (Å²) in [5.41, 5.74) is 3.59. The Morgan fingerprint density at radius 2 is 1.50 bits per heavy atom. The van der Waals surface area contributed by atoms with Crippen molar-refractivity contribution in [3.8, 4) is 17.2 Å². The first-order chi connectivity index (χ1) is 9.66. The minimum Gasteiger partial charge on any atom is -0.497 e. The number of ether oxygens (including phenoxy) is 3. The van der Waals surface area contributed by atoms with Gasteiger partial charge in [0.25, 0.3) is 0 Å². The van der Waals surface area contributed by atoms with Gasteiger partial charge in [-0.3, -0.25) is 0 Å². The van der Waals surface area contributed by atoms with Gasteiger partial charge in [0.05, 0.1) is 21.3 Å². The molecule has 0 amide bonds. The van der Waals surface area contributed by atoms with E-state index in [1.54, 1.807) is 21.3 Å². The van der Waals surface area contributed by atoms with Crippen molar-refractivity contribution in [2.45, 2.75) is 13.3 Å². The number of methoxy groups -OCH3 is 3. The monoisotopic (exact) mass is 272 g/mol. The maximum Gasteiger partial charge on any atom is 0.160 e. The third-order valence-electron chi connectivity index (χ3n) is 3.20. The zero-order valence-corrected chi connectivity index (χ0v) is 12.4. The van der Waals surface area contributed by atoms with E-state index in [1.165, 1.54) is 16.7 Å². The molecule has 106 valence electrons. The van der Waals surface area contributed by atoms with E-state index in [-0.39, 0.29) is 0 Å². The van der Waals surface area contributed by atoms with Crippen LogP contribution in [0.2, 0.25) is 0 Å². The minimum atomic E-state index is 0.748. The van der Waals surface area contributed by atoms with Crippen molar-refractivity contribution in [1.82, 2.24) is 0 Å². The van der Waals surface area contributed by atoms with Gasteiger partial charge in [0.2, 0.25) is 0 Å². The number of aryl methyl sites for hydroxylation is 1. The Labute approximate surface area is 120 Å². The molecule has 0 aliphatic carbocycles. The summed E-state index contributed by atoms with van der Waals surface area (Å²) in [4.78, 5) is 0. The second kappa shape index (κ2) is 6.33. The summed E-state index contributed by atoms with van der Waals surface area (Å²) >= 11 is 0. The molecule has 2 aromatic rings. The van der Waals surface area contributed by atoms with Crippen LogP contribution in [0.1, 0.15) is 16.7 Å². The van der Waals surface area contributed by atoms with Crippen molar-refractivity contribution < 1.29 is 14.2 Å². The highest BCUT2D eigenvalue weighted by molar-refractivity contribution is 5.45. The molecule has 2 aromatic carbocycles. The van der Waals surface area contributed by atoms with Crippen LogP contribution in [0, 0.1) is 6.92 Å². The summed E-state index contributed by atoms with van der Waals surface area (Å²) in [6, 6.07) is 12.2. The highest BCUT2D eigenvalue weighted by atomic mass is 16.5. The first-order valence-corrected chi connectivity index (χ1v) is 6.51. The Balaban J connectivity index is 2.27. The molecular formula is C17H20O3. The Kier molecular flexibility index (Phi) is 4.51. The van der Waals surface area contributed by atoms with E-state index < -0.39 is 0 Å². The van der Waals surface area contributed by atoms with Crippen LogP contribution in [-0.4, -0.2) is 21.3 Å². The molecular weight excluding hydrogens is 252 g/mol. The molecule has 0 saturated carbocycles. The van der Waals surface area contributed by atoms with Gasteiger partial charge in [0.1, 0.15) is 5.75 Å².